The molecule has 5 rings (SSSR count). The minimum absolute atomic E-state index is 0. The molecule has 8 nitrogen and oxygen atoms in total. The van der Waals surface area contributed by atoms with E-state index in [2.05, 4.69) is 30.9 Å². The number of amides is 2. The number of fused-ring (bicyclic) bond motifs is 1. The Morgan fingerprint density at radius 2 is 1.66 bits per heavy atom. The van der Waals surface area contributed by atoms with Gasteiger partial charge in [-0.1, -0.05) is 36.4 Å². The van der Waals surface area contributed by atoms with Crippen molar-refractivity contribution in [1.82, 2.24) is 25.6 Å². The molecule has 3 aromatic carbocycles. The van der Waals surface area contributed by atoms with Gasteiger partial charge in [-0.15, -0.1) is 24.8 Å². The van der Waals surface area contributed by atoms with Crippen LogP contribution in [0.4, 0.5) is 10.1 Å². The molecule has 0 aliphatic heterocycles. The van der Waals surface area contributed by atoms with Gasteiger partial charge in [0.05, 0.1) is 24.5 Å². The Hall–Kier alpha value is -4.31. The van der Waals surface area contributed by atoms with Crippen molar-refractivity contribution in [2.45, 2.75) is 13.0 Å². The summed E-state index contributed by atoms with van der Waals surface area (Å²) < 4.78 is 13.3. The molecule has 0 spiro atoms. The molecule has 0 aliphatic carbocycles. The van der Waals surface area contributed by atoms with Gasteiger partial charge >= 0.3 is 0 Å². The molecule has 2 heterocycles. The number of aromatic nitrogens is 3. The van der Waals surface area contributed by atoms with E-state index in [1.807, 2.05) is 37.3 Å². The van der Waals surface area contributed by atoms with Crippen LogP contribution in [0.1, 0.15) is 28.9 Å². The molecule has 0 fully saturated rings. The maximum absolute atomic E-state index is 13.3. The number of nitrogens with one attached hydrogen (secondary N) is 4. The van der Waals surface area contributed by atoms with E-state index >= 15 is 0 Å². The third-order valence-corrected chi connectivity index (χ3v) is 6.29. The van der Waals surface area contributed by atoms with E-state index in [0.717, 1.165) is 16.3 Å². The lowest BCUT2D eigenvalue weighted by molar-refractivity contribution is -0.115. The van der Waals surface area contributed by atoms with Gasteiger partial charge in [0.15, 0.2) is 5.82 Å². The van der Waals surface area contributed by atoms with Crippen LogP contribution >= 0.6 is 24.8 Å². The summed E-state index contributed by atoms with van der Waals surface area (Å²) >= 11 is 0. The summed E-state index contributed by atoms with van der Waals surface area (Å²) in [5.41, 5.74) is 3.59. The molecule has 0 aliphatic rings. The Labute approximate surface area is 249 Å². The number of rotatable bonds is 8. The first-order chi connectivity index (χ1) is 18.9. The van der Waals surface area contributed by atoms with Gasteiger partial charge in [-0.3, -0.25) is 14.6 Å². The van der Waals surface area contributed by atoms with Crippen LogP contribution in [0.5, 0.6) is 0 Å². The smallest absolute Gasteiger partial charge is 0.251 e. The zero-order valence-electron chi connectivity index (χ0n) is 22.3. The number of hydrogen-bond acceptors (Lipinski definition) is 5. The number of pyridine rings is 1. The zero-order valence-corrected chi connectivity index (χ0v) is 23.9. The summed E-state index contributed by atoms with van der Waals surface area (Å²) in [4.78, 5) is 37.9. The van der Waals surface area contributed by atoms with Crippen LogP contribution in [0.15, 0.2) is 85.2 Å². The van der Waals surface area contributed by atoms with Crippen LogP contribution in [-0.2, 0) is 4.79 Å². The number of aromatic amines is 1. The van der Waals surface area contributed by atoms with E-state index in [-0.39, 0.29) is 55.0 Å². The standard InChI is InChI=1S/C30H27FN6O2.2ClH/c1-18(19-7-9-24(31)10-8-19)35-30(39)23-11-22(12-25(13-23)36-28(38)17-32-2)27-16-34-29(37-27)26-14-20-5-3-4-6-21(20)15-33-26;;/h3-16,18,32H,17H2,1-2H3,(H,34,37)(H,35,39)(H,36,38);2*1H/t18-;;/m1../s1. The fourth-order valence-corrected chi connectivity index (χ4v) is 4.28. The molecule has 0 saturated carbocycles. The predicted molar refractivity (Wildman–Crippen MR) is 164 cm³/mol. The van der Waals surface area contributed by atoms with Gasteiger partial charge in [-0.25, -0.2) is 9.37 Å². The van der Waals surface area contributed by atoms with E-state index < -0.39 is 0 Å². The maximum atomic E-state index is 13.3. The van der Waals surface area contributed by atoms with Crippen LogP contribution in [0, 0.1) is 5.82 Å². The number of H-pyrrole nitrogens is 1. The predicted octanol–water partition coefficient (Wildman–Crippen LogP) is 5.92. The first-order valence-corrected chi connectivity index (χ1v) is 12.5. The van der Waals surface area contributed by atoms with Gasteiger partial charge in [0.1, 0.15) is 11.5 Å². The van der Waals surface area contributed by atoms with Gasteiger partial charge in [0.2, 0.25) is 5.91 Å². The average molecular weight is 596 g/mol. The molecule has 0 radical (unpaired) electrons. The van der Waals surface area contributed by atoms with E-state index in [1.54, 1.807) is 49.8 Å². The fourth-order valence-electron chi connectivity index (χ4n) is 4.28. The molecule has 1 atom stereocenters. The second-order valence-corrected chi connectivity index (χ2v) is 9.19. The number of hydrogen-bond donors (Lipinski definition) is 4. The molecule has 5 aromatic rings. The lowest BCUT2D eigenvalue weighted by Gasteiger charge is -2.16. The average Bonchev–Trinajstić information content (AvgIpc) is 3.43. The minimum atomic E-state index is -0.359. The second-order valence-electron chi connectivity index (χ2n) is 9.19. The number of carbonyl (C=O) groups excluding carboxylic acids is 2. The second kappa shape index (κ2) is 13.8. The maximum Gasteiger partial charge on any atom is 0.251 e. The van der Waals surface area contributed by atoms with Crippen LogP contribution < -0.4 is 16.0 Å². The van der Waals surface area contributed by atoms with E-state index in [9.17, 15) is 14.0 Å². The Kier molecular flexibility index (Phi) is 10.5. The highest BCUT2D eigenvalue weighted by Gasteiger charge is 2.16. The van der Waals surface area contributed by atoms with Crippen molar-refractivity contribution >= 4 is 53.1 Å². The van der Waals surface area contributed by atoms with E-state index in [1.165, 1.54) is 12.1 Å². The zero-order chi connectivity index (χ0) is 27.4. The molecule has 41 heavy (non-hydrogen) atoms. The van der Waals surface area contributed by atoms with Crippen molar-refractivity contribution in [2.24, 2.45) is 0 Å². The highest BCUT2D eigenvalue weighted by Crippen LogP contribution is 2.27. The van der Waals surface area contributed by atoms with Crippen molar-refractivity contribution < 1.29 is 14.0 Å². The number of likely N-dealkylation sites (N-methyl/N-ethyl adjacent to an activating group) is 1. The summed E-state index contributed by atoms with van der Waals surface area (Å²) in [5, 5.41) is 10.7. The van der Waals surface area contributed by atoms with Crippen molar-refractivity contribution in [1.29, 1.82) is 0 Å². The topological polar surface area (TPSA) is 112 Å². The molecule has 2 aromatic heterocycles. The summed E-state index contributed by atoms with van der Waals surface area (Å²) in [6, 6.07) is 20.6. The Bertz CT molecular complexity index is 1660. The summed E-state index contributed by atoms with van der Waals surface area (Å²) in [5.74, 6) is -0.346. The number of halogens is 3. The SMILES string of the molecule is CNCC(=O)Nc1cc(C(=O)N[C@H](C)c2ccc(F)cc2)cc(-c2cnc(-c3cc4ccccc4cn3)[nH]2)c1.Cl.Cl. The van der Waals surface area contributed by atoms with Gasteiger partial charge < -0.3 is 20.9 Å². The number of imidazole rings is 1. The molecule has 2 amide bonds. The Balaban J connectivity index is 0.00000231. The summed E-state index contributed by atoms with van der Waals surface area (Å²) in [6.45, 7) is 1.94. The third kappa shape index (κ3) is 7.46. The van der Waals surface area contributed by atoms with Crippen molar-refractivity contribution in [3.63, 3.8) is 0 Å². The first kappa shape index (κ1) is 31.2. The van der Waals surface area contributed by atoms with Crippen LogP contribution in [0.2, 0.25) is 0 Å². The van der Waals surface area contributed by atoms with Gasteiger partial charge in [-0.2, -0.15) is 0 Å². The Morgan fingerprint density at radius 1 is 0.927 bits per heavy atom. The highest BCUT2D eigenvalue weighted by atomic mass is 35.5. The molecule has 212 valence electrons. The molecular weight excluding hydrogens is 566 g/mol. The highest BCUT2D eigenvalue weighted by molar-refractivity contribution is 5.99. The monoisotopic (exact) mass is 594 g/mol. The quantitative estimate of drug-likeness (QED) is 0.178. The van der Waals surface area contributed by atoms with E-state index in [0.29, 0.717) is 34.0 Å². The molecular formula is C30H29Cl2FN6O2. The Morgan fingerprint density at radius 3 is 2.39 bits per heavy atom. The van der Waals surface area contributed by atoms with Crippen molar-refractivity contribution in [3.8, 4) is 22.8 Å². The number of nitrogens with zero attached hydrogens (tertiary/aromatic N) is 2. The van der Waals surface area contributed by atoms with Gasteiger partial charge in [0.25, 0.3) is 5.91 Å². The first-order valence-electron chi connectivity index (χ1n) is 12.5. The number of benzene rings is 3. The molecule has 4 N–H and O–H groups in total. The van der Waals surface area contributed by atoms with Crippen molar-refractivity contribution in [2.75, 3.05) is 18.9 Å². The summed E-state index contributed by atoms with van der Waals surface area (Å²) in [7, 11) is 1.68. The lowest BCUT2D eigenvalue weighted by Crippen LogP contribution is -2.27. The van der Waals surface area contributed by atoms with Crippen LogP contribution in [0.25, 0.3) is 33.5 Å². The number of carbonyl (C=O) groups is 2. The molecule has 11 heteroatoms. The van der Waals surface area contributed by atoms with Crippen molar-refractivity contribution in [3.05, 3.63) is 102 Å². The van der Waals surface area contributed by atoms with Crippen LogP contribution in [-0.4, -0.2) is 40.4 Å². The van der Waals surface area contributed by atoms with Gasteiger partial charge in [-0.05, 0) is 61.3 Å². The minimum Gasteiger partial charge on any atom is -0.346 e. The fraction of sp³-hybridized carbons (Fsp3) is 0.133. The third-order valence-electron chi connectivity index (χ3n) is 6.29. The summed E-state index contributed by atoms with van der Waals surface area (Å²) in [6.07, 6.45) is 3.47. The lowest BCUT2D eigenvalue weighted by atomic mass is 10.0. The molecule has 0 saturated heterocycles. The van der Waals surface area contributed by atoms with E-state index in [4.69, 9.17) is 0 Å². The normalized spacial score (nSPS) is 11.2. The molecule has 0 bridgehead atoms. The van der Waals surface area contributed by atoms with Gasteiger partial charge in [0, 0.05) is 28.4 Å². The van der Waals surface area contributed by atoms with Crippen LogP contribution in [0.3, 0.4) is 0 Å². The number of anilines is 1. The molecule has 0 unspecified atom stereocenters. The largest absolute Gasteiger partial charge is 0.346 e.